The van der Waals surface area contributed by atoms with Gasteiger partial charge < -0.3 is 18.6 Å². The Kier molecular flexibility index (Phi) is 6.41. The molecule has 1 saturated heterocycles. The molecule has 0 saturated carbocycles. The van der Waals surface area contributed by atoms with E-state index in [4.69, 9.17) is 20.8 Å². The third-order valence-corrected chi connectivity index (χ3v) is 6.60. The van der Waals surface area contributed by atoms with Crippen LogP contribution >= 0.6 is 22.9 Å². The van der Waals surface area contributed by atoms with Gasteiger partial charge in [-0.05, 0) is 38.1 Å². The average molecular weight is 460 g/mol. The summed E-state index contributed by atoms with van der Waals surface area (Å²) >= 11 is 7.57. The molecule has 0 radical (unpaired) electrons. The van der Waals surface area contributed by atoms with Gasteiger partial charge >= 0.3 is 0 Å². The van der Waals surface area contributed by atoms with E-state index >= 15 is 0 Å². The Labute approximate surface area is 188 Å². The van der Waals surface area contributed by atoms with Gasteiger partial charge in [-0.2, -0.15) is 4.99 Å². The van der Waals surface area contributed by atoms with Crippen LogP contribution in [0.25, 0.3) is 0 Å². The van der Waals surface area contributed by atoms with Crippen molar-refractivity contribution in [3.8, 4) is 0 Å². The Morgan fingerprint density at radius 1 is 1.13 bits per heavy atom. The quantitative estimate of drug-likeness (QED) is 0.596. The van der Waals surface area contributed by atoms with Crippen LogP contribution < -0.4 is 4.80 Å². The number of ether oxygens (including phenoxy) is 1. The molecular formula is C22H22ClN3O4S. The minimum Gasteiger partial charge on any atom is -0.454 e. The van der Waals surface area contributed by atoms with E-state index in [9.17, 15) is 9.59 Å². The maximum Gasteiger partial charge on any atom is 0.289 e. The molecule has 1 fully saturated rings. The highest BCUT2D eigenvalue weighted by Gasteiger charge is 2.22. The zero-order valence-corrected chi connectivity index (χ0v) is 18.8. The Bertz CT molecular complexity index is 1190. The zero-order chi connectivity index (χ0) is 22.0. The van der Waals surface area contributed by atoms with Crippen LogP contribution in [0.5, 0.6) is 0 Å². The fraction of sp³-hybridized carbons (Fsp3) is 0.318. The smallest absolute Gasteiger partial charge is 0.289 e. The van der Waals surface area contributed by atoms with Gasteiger partial charge in [0.1, 0.15) is 5.76 Å². The molecule has 0 N–H and O–H groups in total. The van der Waals surface area contributed by atoms with Crippen molar-refractivity contribution in [3.63, 3.8) is 0 Å². The second kappa shape index (κ2) is 9.21. The second-order valence-electron chi connectivity index (χ2n) is 7.18. The largest absolute Gasteiger partial charge is 0.454 e. The van der Waals surface area contributed by atoms with Crippen LogP contribution in [0.3, 0.4) is 0 Å². The number of carbonyl (C=O) groups is 2. The third-order valence-electron chi connectivity index (χ3n) is 5.18. The van der Waals surface area contributed by atoms with Crippen molar-refractivity contribution < 1.29 is 18.7 Å². The summed E-state index contributed by atoms with van der Waals surface area (Å²) in [5.74, 6) is 0.372. The number of thiazole rings is 1. The molecule has 0 aliphatic carbocycles. The van der Waals surface area contributed by atoms with Crippen LogP contribution in [0.4, 0.5) is 0 Å². The van der Waals surface area contributed by atoms with Crippen LogP contribution in [0.1, 0.15) is 37.2 Å². The molecule has 1 aliphatic heterocycles. The minimum absolute atomic E-state index is 0.142. The highest BCUT2D eigenvalue weighted by atomic mass is 35.5. The highest BCUT2D eigenvalue weighted by molar-refractivity contribution is 7.09. The molecule has 0 spiro atoms. The predicted molar refractivity (Wildman–Crippen MR) is 118 cm³/mol. The van der Waals surface area contributed by atoms with Crippen LogP contribution in [0.2, 0.25) is 5.02 Å². The van der Waals surface area contributed by atoms with Gasteiger partial charge in [-0.3, -0.25) is 9.59 Å². The first-order chi connectivity index (χ1) is 14.9. The van der Waals surface area contributed by atoms with Crippen molar-refractivity contribution in [2.45, 2.75) is 20.4 Å². The molecule has 1 aliphatic rings. The molecule has 0 atom stereocenters. The number of aromatic nitrogens is 1. The lowest BCUT2D eigenvalue weighted by Gasteiger charge is -2.25. The van der Waals surface area contributed by atoms with E-state index in [-0.39, 0.29) is 5.91 Å². The molecule has 3 aromatic rings. The van der Waals surface area contributed by atoms with Crippen LogP contribution in [0.15, 0.2) is 45.8 Å². The third kappa shape index (κ3) is 4.66. The number of carbonyl (C=O) groups excluding carboxylic acids is 2. The maximum atomic E-state index is 12.7. The van der Waals surface area contributed by atoms with Crippen molar-refractivity contribution in [3.05, 3.63) is 73.9 Å². The molecule has 2 amide bonds. The molecule has 4 rings (SSSR count). The van der Waals surface area contributed by atoms with Crippen molar-refractivity contribution >= 4 is 34.8 Å². The number of hydrogen-bond acceptors (Lipinski definition) is 5. The number of nitrogens with zero attached hydrogens (tertiary/aromatic N) is 3. The monoisotopic (exact) mass is 459 g/mol. The van der Waals surface area contributed by atoms with Gasteiger partial charge in [0.25, 0.3) is 11.8 Å². The average Bonchev–Trinajstić information content (AvgIpc) is 3.34. The molecule has 7 nitrogen and oxygen atoms in total. The zero-order valence-electron chi connectivity index (χ0n) is 17.3. The summed E-state index contributed by atoms with van der Waals surface area (Å²) in [6.07, 6.45) is 0. The van der Waals surface area contributed by atoms with E-state index in [1.54, 1.807) is 41.3 Å². The number of benzene rings is 1. The predicted octanol–water partition coefficient (Wildman–Crippen LogP) is 3.67. The number of rotatable bonds is 4. The number of hydrogen-bond donors (Lipinski definition) is 0. The lowest BCUT2D eigenvalue weighted by molar-refractivity contribution is 0.0281. The van der Waals surface area contributed by atoms with Crippen molar-refractivity contribution in [1.29, 1.82) is 0 Å². The van der Waals surface area contributed by atoms with Crippen LogP contribution in [0, 0.1) is 13.8 Å². The fourth-order valence-electron chi connectivity index (χ4n) is 3.31. The van der Waals surface area contributed by atoms with Gasteiger partial charge in [-0.25, -0.2) is 0 Å². The summed E-state index contributed by atoms with van der Waals surface area (Å²) in [6.45, 7) is 6.48. The first kappa shape index (κ1) is 21.5. The molecule has 31 heavy (non-hydrogen) atoms. The van der Waals surface area contributed by atoms with E-state index < -0.39 is 5.91 Å². The van der Waals surface area contributed by atoms with E-state index in [1.165, 1.54) is 11.3 Å². The summed E-state index contributed by atoms with van der Waals surface area (Å²) in [7, 11) is 0. The number of aryl methyl sites for hydroxylation is 1. The number of halogens is 1. The lowest BCUT2D eigenvalue weighted by Crippen LogP contribution is -2.40. The SMILES string of the molecule is Cc1sc(=NC(=O)c2ccccc2Cl)n(Cc2ccc(C(=O)N3CCOCC3)o2)c1C. The van der Waals surface area contributed by atoms with E-state index in [0.29, 0.717) is 59.8 Å². The first-order valence-corrected chi connectivity index (χ1v) is 11.1. The standard InChI is InChI=1S/C22H22ClN3O4S/c1-14-15(2)31-22(24-20(27)17-5-3-4-6-18(17)23)26(14)13-16-7-8-19(30-16)21(28)25-9-11-29-12-10-25/h3-8H,9-13H2,1-2H3. The van der Waals surface area contributed by atoms with Crippen molar-refractivity contribution in [1.82, 2.24) is 9.47 Å². The summed E-state index contributed by atoms with van der Waals surface area (Å²) in [5.41, 5.74) is 1.34. The normalized spacial score (nSPS) is 14.8. The highest BCUT2D eigenvalue weighted by Crippen LogP contribution is 2.18. The molecule has 3 heterocycles. The molecule has 0 bridgehead atoms. The van der Waals surface area contributed by atoms with Gasteiger partial charge in [0.2, 0.25) is 0 Å². The Morgan fingerprint density at radius 3 is 2.61 bits per heavy atom. The minimum atomic E-state index is -0.400. The number of furan rings is 1. The van der Waals surface area contributed by atoms with Crippen molar-refractivity contribution in [2.75, 3.05) is 26.3 Å². The van der Waals surface area contributed by atoms with Crippen molar-refractivity contribution in [2.24, 2.45) is 4.99 Å². The summed E-state index contributed by atoms with van der Waals surface area (Å²) in [4.78, 5) is 33.0. The number of morpholine rings is 1. The van der Waals surface area contributed by atoms with Crippen LogP contribution in [-0.4, -0.2) is 47.6 Å². The topological polar surface area (TPSA) is 77.0 Å². The molecule has 2 aromatic heterocycles. The number of amides is 2. The summed E-state index contributed by atoms with van der Waals surface area (Å²) in [6, 6.07) is 10.3. The summed E-state index contributed by atoms with van der Waals surface area (Å²) in [5, 5.41) is 0.366. The van der Waals surface area contributed by atoms with Gasteiger partial charge in [0.15, 0.2) is 10.6 Å². The maximum absolute atomic E-state index is 12.7. The molecule has 162 valence electrons. The van der Waals surface area contributed by atoms with Gasteiger partial charge in [-0.15, -0.1) is 11.3 Å². The summed E-state index contributed by atoms with van der Waals surface area (Å²) < 4.78 is 13.0. The van der Waals surface area contributed by atoms with Crippen LogP contribution in [-0.2, 0) is 11.3 Å². The molecule has 9 heteroatoms. The Balaban J connectivity index is 1.60. The molecule has 1 aromatic carbocycles. The Morgan fingerprint density at radius 2 is 1.87 bits per heavy atom. The fourth-order valence-corrected chi connectivity index (χ4v) is 4.50. The Hall–Kier alpha value is -2.68. The van der Waals surface area contributed by atoms with Gasteiger partial charge in [0, 0.05) is 23.7 Å². The van der Waals surface area contributed by atoms with E-state index in [0.717, 1.165) is 10.6 Å². The second-order valence-corrected chi connectivity index (χ2v) is 8.77. The van der Waals surface area contributed by atoms with E-state index in [2.05, 4.69) is 4.99 Å². The molecule has 0 unspecified atom stereocenters. The van der Waals surface area contributed by atoms with Gasteiger partial charge in [0.05, 0.1) is 30.3 Å². The first-order valence-electron chi connectivity index (χ1n) is 9.90. The lowest BCUT2D eigenvalue weighted by atomic mass is 10.2. The molecular weight excluding hydrogens is 438 g/mol. The van der Waals surface area contributed by atoms with Gasteiger partial charge in [-0.1, -0.05) is 23.7 Å². The van der Waals surface area contributed by atoms with E-state index in [1.807, 2.05) is 18.4 Å².